The number of carbonyl (C=O) groups is 1. The Morgan fingerprint density at radius 3 is 2.21 bits per heavy atom. The standard InChI is InChI=1S/C26H24N2O/c29-25(27-16-15-19-18-28-24-14-8-7-13-22(19)24)23-17-26(23,20-9-3-1-4-10-20)21-11-5-2-6-12-21/h1-14,18,23,28H,15-17H2,(H,27,29)/t23-/m1/s1. The molecular weight excluding hydrogens is 356 g/mol. The van der Waals surface area contributed by atoms with Gasteiger partial charge in [0.2, 0.25) is 5.91 Å². The molecule has 144 valence electrons. The second-order valence-electron chi connectivity index (χ2n) is 7.86. The molecule has 1 saturated carbocycles. The van der Waals surface area contributed by atoms with Crippen molar-refractivity contribution in [3.8, 4) is 0 Å². The Bertz CT molecular complexity index is 1090. The third kappa shape index (κ3) is 3.13. The summed E-state index contributed by atoms with van der Waals surface area (Å²) >= 11 is 0. The molecule has 1 aliphatic rings. The fourth-order valence-corrected chi connectivity index (χ4v) is 4.64. The highest BCUT2D eigenvalue weighted by Crippen LogP contribution is 2.58. The molecule has 1 aromatic heterocycles. The molecule has 1 fully saturated rings. The highest BCUT2D eigenvalue weighted by atomic mass is 16.2. The number of amides is 1. The molecule has 0 saturated heterocycles. The van der Waals surface area contributed by atoms with Gasteiger partial charge < -0.3 is 10.3 Å². The van der Waals surface area contributed by atoms with E-state index in [1.807, 2.05) is 24.4 Å². The van der Waals surface area contributed by atoms with Gasteiger partial charge in [0, 0.05) is 29.1 Å². The Balaban J connectivity index is 1.31. The predicted molar refractivity (Wildman–Crippen MR) is 117 cm³/mol. The van der Waals surface area contributed by atoms with E-state index in [0.29, 0.717) is 6.54 Å². The van der Waals surface area contributed by atoms with Crippen molar-refractivity contribution in [3.63, 3.8) is 0 Å². The van der Waals surface area contributed by atoms with Crippen molar-refractivity contribution in [3.05, 3.63) is 108 Å². The van der Waals surface area contributed by atoms with E-state index in [1.54, 1.807) is 0 Å². The third-order valence-electron chi connectivity index (χ3n) is 6.22. The van der Waals surface area contributed by atoms with E-state index in [-0.39, 0.29) is 17.2 Å². The smallest absolute Gasteiger partial charge is 0.224 e. The summed E-state index contributed by atoms with van der Waals surface area (Å²) in [6, 6.07) is 29.2. The maximum atomic E-state index is 13.0. The highest BCUT2D eigenvalue weighted by Gasteiger charge is 2.60. The van der Waals surface area contributed by atoms with Gasteiger partial charge in [0.05, 0.1) is 5.92 Å². The lowest BCUT2D eigenvalue weighted by Gasteiger charge is -2.19. The molecule has 29 heavy (non-hydrogen) atoms. The SMILES string of the molecule is O=C(NCCc1c[nH]c2ccccc12)[C@H]1CC1(c1ccccc1)c1ccccc1. The number of carbonyl (C=O) groups excluding carboxylic acids is 1. The van der Waals surface area contributed by atoms with Crippen LogP contribution in [-0.4, -0.2) is 17.4 Å². The van der Waals surface area contributed by atoms with Gasteiger partial charge in [-0.3, -0.25) is 4.79 Å². The van der Waals surface area contributed by atoms with Crippen LogP contribution in [-0.2, 0) is 16.6 Å². The van der Waals surface area contributed by atoms with E-state index in [0.717, 1.165) is 18.4 Å². The Morgan fingerprint density at radius 1 is 0.897 bits per heavy atom. The predicted octanol–water partition coefficient (Wildman–Crippen LogP) is 4.83. The molecule has 1 heterocycles. The first kappa shape index (κ1) is 17.7. The number of rotatable bonds is 6. The fourth-order valence-electron chi connectivity index (χ4n) is 4.64. The van der Waals surface area contributed by atoms with Crippen molar-refractivity contribution >= 4 is 16.8 Å². The number of para-hydroxylation sites is 1. The molecule has 0 bridgehead atoms. The van der Waals surface area contributed by atoms with Gasteiger partial charge in [-0.1, -0.05) is 78.9 Å². The Hall–Kier alpha value is -3.33. The van der Waals surface area contributed by atoms with Crippen molar-refractivity contribution in [1.29, 1.82) is 0 Å². The second kappa shape index (κ2) is 7.25. The Kier molecular flexibility index (Phi) is 4.44. The summed E-state index contributed by atoms with van der Waals surface area (Å²) in [5, 5.41) is 4.42. The summed E-state index contributed by atoms with van der Waals surface area (Å²) in [7, 11) is 0. The third-order valence-corrected chi connectivity index (χ3v) is 6.22. The van der Waals surface area contributed by atoms with Crippen molar-refractivity contribution < 1.29 is 4.79 Å². The number of aromatic nitrogens is 1. The molecule has 3 heteroatoms. The molecule has 3 aromatic carbocycles. The van der Waals surface area contributed by atoms with Crippen LogP contribution >= 0.6 is 0 Å². The van der Waals surface area contributed by atoms with Gasteiger partial charge in [-0.2, -0.15) is 0 Å². The largest absolute Gasteiger partial charge is 0.361 e. The summed E-state index contributed by atoms with van der Waals surface area (Å²) < 4.78 is 0. The molecule has 0 radical (unpaired) electrons. The van der Waals surface area contributed by atoms with E-state index in [4.69, 9.17) is 0 Å². The lowest BCUT2D eigenvalue weighted by atomic mass is 9.85. The number of H-pyrrole nitrogens is 1. The molecule has 0 unspecified atom stereocenters. The van der Waals surface area contributed by atoms with Crippen LogP contribution in [0.1, 0.15) is 23.1 Å². The zero-order chi connectivity index (χ0) is 19.7. The van der Waals surface area contributed by atoms with Crippen LogP contribution in [0.3, 0.4) is 0 Å². The minimum absolute atomic E-state index is 0.0183. The molecule has 4 aromatic rings. The van der Waals surface area contributed by atoms with E-state index in [2.05, 4.69) is 77.0 Å². The Morgan fingerprint density at radius 2 is 1.52 bits per heavy atom. The van der Waals surface area contributed by atoms with Crippen LogP contribution in [0.2, 0.25) is 0 Å². The summed E-state index contributed by atoms with van der Waals surface area (Å²) in [5.74, 6) is 0.132. The van der Waals surface area contributed by atoms with Crippen LogP contribution < -0.4 is 5.32 Å². The molecular formula is C26H24N2O. The number of hydrogen-bond acceptors (Lipinski definition) is 1. The van der Waals surface area contributed by atoms with Crippen LogP contribution in [0.15, 0.2) is 91.1 Å². The minimum atomic E-state index is -0.201. The first-order chi connectivity index (χ1) is 14.3. The molecule has 1 amide bonds. The first-order valence-corrected chi connectivity index (χ1v) is 10.2. The minimum Gasteiger partial charge on any atom is -0.361 e. The van der Waals surface area contributed by atoms with Gasteiger partial charge >= 0.3 is 0 Å². The van der Waals surface area contributed by atoms with Crippen molar-refractivity contribution in [2.45, 2.75) is 18.3 Å². The molecule has 0 spiro atoms. The highest BCUT2D eigenvalue weighted by molar-refractivity contribution is 5.86. The van der Waals surface area contributed by atoms with Gasteiger partial charge in [-0.05, 0) is 35.6 Å². The molecule has 2 N–H and O–H groups in total. The maximum Gasteiger partial charge on any atom is 0.224 e. The number of benzene rings is 3. The van der Waals surface area contributed by atoms with Gasteiger partial charge in [0.1, 0.15) is 0 Å². The number of nitrogens with one attached hydrogen (secondary N) is 2. The molecule has 1 atom stereocenters. The number of fused-ring (bicyclic) bond motifs is 1. The normalized spacial score (nSPS) is 17.2. The molecule has 1 aliphatic carbocycles. The fraction of sp³-hybridized carbons (Fsp3) is 0.192. The van der Waals surface area contributed by atoms with Gasteiger partial charge in [-0.15, -0.1) is 0 Å². The maximum absolute atomic E-state index is 13.0. The monoisotopic (exact) mass is 380 g/mol. The first-order valence-electron chi connectivity index (χ1n) is 10.2. The van der Waals surface area contributed by atoms with Crippen LogP contribution in [0, 0.1) is 5.92 Å². The van der Waals surface area contributed by atoms with Crippen LogP contribution in [0.25, 0.3) is 10.9 Å². The van der Waals surface area contributed by atoms with E-state index in [9.17, 15) is 4.79 Å². The summed E-state index contributed by atoms with van der Waals surface area (Å²) in [6.45, 7) is 0.650. The quantitative estimate of drug-likeness (QED) is 0.494. The van der Waals surface area contributed by atoms with Gasteiger partial charge in [0.25, 0.3) is 0 Å². The topological polar surface area (TPSA) is 44.9 Å². The van der Waals surface area contributed by atoms with E-state index >= 15 is 0 Å². The van der Waals surface area contributed by atoms with Crippen LogP contribution in [0.5, 0.6) is 0 Å². The number of hydrogen-bond donors (Lipinski definition) is 2. The van der Waals surface area contributed by atoms with E-state index in [1.165, 1.54) is 22.1 Å². The average Bonchev–Trinajstić information content (AvgIpc) is 3.43. The number of aromatic amines is 1. The van der Waals surface area contributed by atoms with Crippen LogP contribution in [0.4, 0.5) is 0 Å². The van der Waals surface area contributed by atoms with Crippen molar-refractivity contribution in [2.24, 2.45) is 5.92 Å². The van der Waals surface area contributed by atoms with Crippen molar-refractivity contribution in [2.75, 3.05) is 6.54 Å². The lowest BCUT2D eigenvalue weighted by molar-refractivity contribution is -0.122. The molecule has 3 nitrogen and oxygen atoms in total. The zero-order valence-electron chi connectivity index (χ0n) is 16.3. The van der Waals surface area contributed by atoms with E-state index < -0.39 is 0 Å². The second-order valence-corrected chi connectivity index (χ2v) is 7.86. The summed E-state index contributed by atoms with van der Waals surface area (Å²) in [4.78, 5) is 16.3. The molecule has 5 rings (SSSR count). The molecule has 0 aliphatic heterocycles. The van der Waals surface area contributed by atoms with Gasteiger partial charge in [0.15, 0.2) is 0 Å². The Labute approximate surface area is 170 Å². The summed E-state index contributed by atoms with van der Waals surface area (Å²) in [6.07, 6.45) is 3.73. The zero-order valence-corrected chi connectivity index (χ0v) is 16.3. The van der Waals surface area contributed by atoms with Gasteiger partial charge in [-0.25, -0.2) is 0 Å². The summed E-state index contributed by atoms with van der Waals surface area (Å²) in [5.41, 5.74) is 4.64. The van der Waals surface area contributed by atoms with Crippen molar-refractivity contribution in [1.82, 2.24) is 10.3 Å². The average molecular weight is 380 g/mol. The lowest BCUT2D eigenvalue weighted by Crippen LogP contribution is -2.30.